The maximum absolute atomic E-state index is 12.6. The maximum Gasteiger partial charge on any atom is 0.254 e. The summed E-state index contributed by atoms with van der Waals surface area (Å²) in [6.45, 7) is 0.636. The highest BCUT2D eigenvalue weighted by molar-refractivity contribution is 9.10. The number of rotatable bonds is 4. The summed E-state index contributed by atoms with van der Waals surface area (Å²) in [5.41, 5.74) is 0.741. The highest BCUT2D eigenvalue weighted by atomic mass is 79.9. The van der Waals surface area contributed by atoms with Gasteiger partial charge in [-0.15, -0.1) is 11.6 Å². The molecule has 1 fully saturated rings. The van der Waals surface area contributed by atoms with Crippen LogP contribution in [0.25, 0.3) is 0 Å². The number of hydrogen-bond acceptors (Lipinski definition) is 1. The minimum atomic E-state index is 0.105. The number of alkyl halides is 1. The van der Waals surface area contributed by atoms with Crippen molar-refractivity contribution in [1.82, 2.24) is 4.90 Å². The minimum Gasteiger partial charge on any atom is -0.334 e. The first-order valence-corrected chi connectivity index (χ1v) is 8.17. The summed E-state index contributed by atoms with van der Waals surface area (Å²) < 4.78 is 0.938. The van der Waals surface area contributed by atoms with Crippen molar-refractivity contribution < 1.29 is 4.79 Å². The van der Waals surface area contributed by atoms with Gasteiger partial charge in [-0.3, -0.25) is 4.79 Å². The van der Waals surface area contributed by atoms with Gasteiger partial charge in [0.25, 0.3) is 5.91 Å². The Bertz CT molecular complexity index is 432. The molecule has 19 heavy (non-hydrogen) atoms. The van der Waals surface area contributed by atoms with Gasteiger partial charge >= 0.3 is 0 Å². The number of nitrogens with zero attached hydrogens (tertiary/aromatic N) is 1. The molecule has 104 valence electrons. The maximum atomic E-state index is 12.6. The third-order valence-corrected chi connectivity index (χ3v) is 4.34. The van der Waals surface area contributed by atoms with Crippen molar-refractivity contribution in [3.05, 3.63) is 34.3 Å². The molecule has 0 aromatic heterocycles. The number of halogens is 2. The van der Waals surface area contributed by atoms with Crippen molar-refractivity contribution in [3.63, 3.8) is 0 Å². The molecule has 0 N–H and O–H groups in total. The normalized spacial score (nSPS) is 16.3. The van der Waals surface area contributed by atoms with Gasteiger partial charge in [-0.25, -0.2) is 0 Å². The summed E-state index contributed by atoms with van der Waals surface area (Å²) in [6.07, 6.45) is 5.94. The van der Waals surface area contributed by atoms with E-state index in [4.69, 9.17) is 11.6 Å². The lowest BCUT2D eigenvalue weighted by atomic mass is 9.93. The van der Waals surface area contributed by atoms with Gasteiger partial charge in [0.05, 0.1) is 0 Å². The Kier molecular flexibility index (Phi) is 5.71. The number of carbonyl (C=O) groups excluding carboxylic acids is 1. The van der Waals surface area contributed by atoms with E-state index in [0.29, 0.717) is 18.5 Å². The molecule has 1 aliphatic carbocycles. The van der Waals surface area contributed by atoms with E-state index >= 15 is 0 Å². The van der Waals surface area contributed by atoms with E-state index in [0.717, 1.165) is 22.9 Å². The molecule has 0 atom stereocenters. The van der Waals surface area contributed by atoms with Crippen LogP contribution in [0.2, 0.25) is 0 Å². The van der Waals surface area contributed by atoms with Gasteiger partial charge in [-0.1, -0.05) is 41.3 Å². The minimum absolute atomic E-state index is 0.105. The second kappa shape index (κ2) is 7.30. The van der Waals surface area contributed by atoms with E-state index in [1.165, 1.54) is 19.3 Å². The third kappa shape index (κ3) is 3.96. The Labute approximate surface area is 128 Å². The average molecular weight is 345 g/mol. The topological polar surface area (TPSA) is 20.3 Å². The molecule has 1 aromatic carbocycles. The Morgan fingerprint density at radius 2 is 2.05 bits per heavy atom. The summed E-state index contributed by atoms with van der Waals surface area (Å²) >= 11 is 9.29. The second-order valence-electron chi connectivity index (χ2n) is 4.99. The molecule has 4 heteroatoms. The van der Waals surface area contributed by atoms with Crippen molar-refractivity contribution in [2.75, 3.05) is 12.4 Å². The number of amides is 1. The van der Waals surface area contributed by atoms with Crippen LogP contribution in [0.5, 0.6) is 0 Å². The first-order chi connectivity index (χ1) is 9.22. The van der Waals surface area contributed by atoms with Crippen LogP contribution in [-0.4, -0.2) is 29.3 Å². The van der Waals surface area contributed by atoms with E-state index in [1.807, 2.05) is 29.2 Å². The Morgan fingerprint density at radius 3 is 2.68 bits per heavy atom. The predicted molar refractivity (Wildman–Crippen MR) is 82.8 cm³/mol. The zero-order valence-electron chi connectivity index (χ0n) is 10.9. The average Bonchev–Trinajstić information content (AvgIpc) is 2.45. The zero-order chi connectivity index (χ0) is 13.7. The molecule has 1 aliphatic rings. The zero-order valence-corrected chi connectivity index (χ0v) is 13.3. The highest BCUT2D eigenvalue weighted by Crippen LogP contribution is 2.24. The lowest BCUT2D eigenvalue weighted by molar-refractivity contribution is 0.0649. The molecule has 0 spiro atoms. The van der Waals surface area contributed by atoms with Crippen LogP contribution in [-0.2, 0) is 0 Å². The highest BCUT2D eigenvalue weighted by Gasteiger charge is 2.25. The van der Waals surface area contributed by atoms with Crippen LogP contribution >= 0.6 is 27.5 Å². The molecule has 0 unspecified atom stereocenters. The summed E-state index contributed by atoms with van der Waals surface area (Å²) in [7, 11) is 0. The Morgan fingerprint density at radius 1 is 1.32 bits per heavy atom. The quantitative estimate of drug-likeness (QED) is 0.738. The molecule has 2 rings (SSSR count). The van der Waals surface area contributed by atoms with Crippen molar-refractivity contribution >= 4 is 33.4 Å². The van der Waals surface area contributed by atoms with Gasteiger partial charge in [0.2, 0.25) is 0 Å². The predicted octanol–water partition coefficient (Wildman–Crippen LogP) is 4.46. The number of carbonyl (C=O) groups is 1. The lowest BCUT2D eigenvalue weighted by Crippen LogP contribution is -2.42. The second-order valence-corrected chi connectivity index (χ2v) is 6.28. The molecule has 2 nitrogen and oxygen atoms in total. The molecule has 1 amide bonds. The Hall–Kier alpha value is -0.540. The van der Waals surface area contributed by atoms with Gasteiger partial charge in [0.15, 0.2) is 0 Å². The van der Waals surface area contributed by atoms with E-state index in [-0.39, 0.29) is 5.91 Å². The third-order valence-electron chi connectivity index (χ3n) is 3.67. The van der Waals surface area contributed by atoms with E-state index in [2.05, 4.69) is 15.9 Å². The molecular weight excluding hydrogens is 326 g/mol. The summed E-state index contributed by atoms with van der Waals surface area (Å²) in [5.74, 6) is 0.602. The lowest BCUT2D eigenvalue weighted by Gasteiger charge is -2.34. The number of hydrogen-bond donors (Lipinski definition) is 0. The number of benzene rings is 1. The SMILES string of the molecule is O=C(c1cccc(Br)c1)N(CCCl)C1CCCCC1. The molecule has 0 heterocycles. The van der Waals surface area contributed by atoms with Crippen molar-refractivity contribution in [2.24, 2.45) is 0 Å². The fourth-order valence-electron chi connectivity index (χ4n) is 2.72. The molecule has 0 bridgehead atoms. The molecular formula is C15H19BrClNO. The fraction of sp³-hybridized carbons (Fsp3) is 0.533. The van der Waals surface area contributed by atoms with E-state index in [9.17, 15) is 4.79 Å². The van der Waals surface area contributed by atoms with Crippen LogP contribution in [0.1, 0.15) is 42.5 Å². The smallest absolute Gasteiger partial charge is 0.254 e. The van der Waals surface area contributed by atoms with Gasteiger partial charge in [-0.2, -0.15) is 0 Å². The largest absolute Gasteiger partial charge is 0.334 e. The van der Waals surface area contributed by atoms with Crippen LogP contribution in [0.15, 0.2) is 28.7 Å². The first-order valence-electron chi connectivity index (χ1n) is 6.85. The summed E-state index contributed by atoms with van der Waals surface area (Å²) in [5, 5.41) is 0. The van der Waals surface area contributed by atoms with Crippen LogP contribution < -0.4 is 0 Å². The van der Waals surface area contributed by atoms with E-state index < -0.39 is 0 Å². The first kappa shape index (κ1) is 14.9. The molecule has 1 aromatic rings. The standard InChI is InChI=1S/C15H19BrClNO/c16-13-6-4-5-12(11-13)15(19)18(10-9-17)14-7-2-1-3-8-14/h4-6,11,14H,1-3,7-10H2. The molecule has 0 saturated heterocycles. The van der Waals surface area contributed by atoms with Gasteiger partial charge in [-0.05, 0) is 31.0 Å². The molecule has 1 saturated carbocycles. The fourth-order valence-corrected chi connectivity index (χ4v) is 3.30. The Balaban J connectivity index is 2.15. The van der Waals surface area contributed by atoms with Gasteiger partial charge < -0.3 is 4.90 Å². The molecule has 0 aliphatic heterocycles. The van der Waals surface area contributed by atoms with Crippen molar-refractivity contribution in [3.8, 4) is 0 Å². The molecule has 0 radical (unpaired) electrons. The van der Waals surface area contributed by atoms with Crippen molar-refractivity contribution in [1.29, 1.82) is 0 Å². The van der Waals surface area contributed by atoms with Crippen LogP contribution in [0.4, 0.5) is 0 Å². The monoisotopic (exact) mass is 343 g/mol. The van der Waals surface area contributed by atoms with Crippen LogP contribution in [0.3, 0.4) is 0 Å². The van der Waals surface area contributed by atoms with Gasteiger partial charge in [0.1, 0.15) is 0 Å². The summed E-state index contributed by atoms with van der Waals surface area (Å²) in [6, 6.07) is 7.95. The van der Waals surface area contributed by atoms with E-state index in [1.54, 1.807) is 0 Å². The van der Waals surface area contributed by atoms with Crippen molar-refractivity contribution in [2.45, 2.75) is 38.1 Å². The van der Waals surface area contributed by atoms with Gasteiger partial charge in [0, 0.05) is 28.5 Å². The summed E-state index contributed by atoms with van der Waals surface area (Å²) in [4.78, 5) is 14.6. The van der Waals surface area contributed by atoms with Crippen LogP contribution in [0, 0.1) is 0 Å².